The van der Waals surface area contributed by atoms with Crippen molar-refractivity contribution in [2.24, 2.45) is 5.41 Å². The normalized spacial score (nSPS) is 16.6. The third-order valence-corrected chi connectivity index (χ3v) is 6.31. The molecule has 0 radical (unpaired) electrons. The molecule has 1 aliphatic rings. The number of anilines is 2. The molecule has 3 heterocycles. The highest BCUT2D eigenvalue weighted by atomic mass is 19.1. The zero-order valence-corrected chi connectivity index (χ0v) is 19.2. The van der Waals surface area contributed by atoms with E-state index < -0.39 is 17.8 Å². The van der Waals surface area contributed by atoms with E-state index in [-0.39, 0.29) is 22.2 Å². The lowest BCUT2D eigenvalue weighted by Gasteiger charge is -2.37. The van der Waals surface area contributed by atoms with Crippen molar-refractivity contribution < 1.29 is 18.7 Å². The molecule has 0 bridgehead atoms. The number of rotatable bonds is 5. The van der Waals surface area contributed by atoms with Gasteiger partial charge in [-0.15, -0.1) is 0 Å². The van der Waals surface area contributed by atoms with Crippen LogP contribution < -0.4 is 15.6 Å². The summed E-state index contributed by atoms with van der Waals surface area (Å²) in [5.74, 6) is -1.38. The SMILES string of the molecule is Cc1cc([C@@H](C)Nc2cc(F)cnc2C(=O)O)c2oc(N3CCC(C)(C)CC3)cc(=O)c2c1. The fraction of sp³-hybridized carbons (Fsp3) is 0.400. The maximum absolute atomic E-state index is 13.8. The Labute approximate surface area is 191 Å². The average Bonchev–Trinajstić information content (AvgIpc) is 2.73. The fourth-order valence-corrected chi connectivity index (χ4v) is 4.26. The topological polar surface area (TPSA) is 95.7 Å². The van der Waals surface area contributed by atoms with Crippen molar-refractivity contribution in [3.05, 3.63) is 63.3 Å². The van der Waals surface area contributed by atoms with E-state index in [1.807, 2.05) is 13.0 Å². The van der Waals surface area contributed by atoms with Gasteiger partial charge in [-0.3, -0.25) is 4.79 Å². The highest BCUT2D eigenvalue weighted by Gasteiger charge is 2.27. The highest BCUT2D eigenvalue weighted by Crippen LogP contribution is 2.34. The summed E-state index contributed by atoms with van der Waals surface area (Å²) in [6.07, 6.45) is 2.86. The Hall–Kier alpha value is -3.42. The van der Waals surface area contributed by atoms with Crippen molar-refractivity contribution in [3.63, 3.8) is 0 Å². The number of fused-ring (bicyclic) bond motifs is 1. The van der Waals surface area contributed by atoms with Crippen LogP contribution in [0.5, 0.6) is 0 Å². The molecular weight excluding hydrogens is 425 g/mol. The largest absolute Gasteiger partial charge is 0.476 e. The number of carbonyl (C=O) groups is 1. The molecule has 0 amide bonds. The van der Waals surface area contributed by atoms with E-state index in [9.17, 15) is 19.1 Å². The third-order valence-electron chi connectivity index (χ3n) is 6.31. The predicted molar refractivity (Wildman–Crippen MR) is 126 cm³/mol. The Morgan fingerprint density at radius 2 is 1.94 bits per heavy atom. The van der Waals surface area contributed by atoms with Gasteiger partial charge in [0.1, 0.15) is 11.4 Å². The molecule has 2 aromatic heterocycles. The number of benzene rings is 1. The fourth-order valence-electron chi connectivity index (χ4n) is 4.26. The van der Waals surface area contributed by atoms with Gasteiger partial charge in [-0.2, -0.15) is 0 Å². The lowest BCUT2D eigenvalue weighted by molar-refractivity contribution is 0.0691. The first-order valence-electron chi connectivity index (χ1n) is 11.0. The first-order valence-corrected chi connectivity index (χ1v) is 11.0. The predicted octanol–water partition coefficient (Wildman–Crippen LogP) is 5.13. The number of carboxylic acids is 1. The van der Waals surface area contributed by atoms with Crippen LogP contribution in [0.1, 0.15) is 61.3 Å². The molecule has 3 aromatic rings. The van der Waals surface area contributed by atoms with Gasteiger partial charge in [-0.1, -0.05) is 19.9 Å². The van der Waals surface area contributed by atoms with Gasteiger partial charge in [0.25, 0.3) is 0 Å². The number of aryl methyl sites for hydroxylation is 1. The van der Waals surface area contributed by atoms with Crippen LogP contribution in [0, 0.1) is 18.2 Å². The van der Waals surface area contributed by atoms with E-state index in [1.165, 1.54) is 0 Å². The number of carboxylic acid groups (broad SMARTS) is 1. The molecule has 1 aromatic carbocycles. The number of nitrogens with one attached hydrogen (secondary N) is 1. The third kappa shape index (κ3) is 4.69. The van der Waals surface area contributed by atoms with Gasteiger partial charge < -0.3 is 19.7 Å². The molecular formula is C25H28FN3O4. The zero-order valence-electron chi connectivity index (χ0n) is 19.2. The Morgan fingerprint density at radius 1 is 1.24 bits per heavy atom. The van der Waals surface area contributed by atoms with Gasteiger partial charge in [0, 0.05) is 30.8 Å². The molecule has 0 unspecified atom stereocenters. The summed E-state index contributed by atoms with van der Waals surface area (Å²) in [7, 11) is 0. The highest BCUT2D eigenvalue weighted by molar-refractivity contribution is 5.92. The first-order chi connectivity index (χ1) is 15.5. The van der Waals surface area contributed by atoms with E-state index in [2.05, 4.69) is 29.0 Å². The summed E-state index contributed by atoms with van der Waals surface area (Å²) < 4.78 is 20.1. The molecule has 0 aliphatic carbocycles. The maximum atomic E-state index is 13.8. The minimum atomic E-state index is -1.26. The van der Waals surface area contributed by atoms with E-state index in [1.54, 1.807) is 19.1 Å². The molecule has 1 atom stereocenters. The second kappa shape index (κ2) is 8.50. The van der Waals surface area contributed by atoms with Crippen LogP contribution in [0.25, 0.3) is 11.0 Å². The molecule has 1 saturated heterocycles. The van der Waals surface area contributed by atoms with E-state index in [4.69, 9.17) is 4.42 Å². The lowest BCUT2D eigenvalue weighted by atomic mass is 9.83. The Kier molecular flexibility index (Phi) is 5.86. The number of piperidine rings is 1. The minimum Gasteiger partial charge on any atom is -0.476 e. The van der Waals surface area contributed by atoms with Crippen LogP contribution in [0.3, 0.4) is 0 Å². The summed E-state index contributed by atoms with van der Waals surface area (Å²) >= 11 is 0. The molecule has 0 saturated carbocycles. The van der Waals surface area contributed by atoms with Gasteiger partial charge in [0.05, 0.1) is 23.3 Å². The van der Waals surface area contributed by atoms with Crippen molar-refractivity contribution in [1.82, 2.24) is 4.98 Å². The van der Waals surface area contributed by atoms with Crippen LogP contribution >= 0.6 is 0 Å². The number of aromatic carboxylic acids is 1. The molecule has 174 valence electrons. The minimum absolute atomic E-state index is 0.0569. The quantitative estimate of drug-likeness (QED) is 0.553. The van der Waals surface area contributed by atoms with Crippen LogP contribution in [-0.4, -0.2) is 29.1 Å². The molecule has 8 heteroatoms. The monoisotopic (exact) mass is 453 g/mol. The number of halogens is 1. The van der Waals surface area contributed by atoms with Gasteiger partial charge >= 0.3 is 5.97 Å². The molecule has 1 fully saturated rings. The second-order valence-electron chi connectivity index (χ2n) is 9.55. The van der Waals surface area contributed by atoms with Gasteiger partial charge in [0.15, 0.2) is 17.0 Å². The molecule has 7 nitrogen and oxygen atoms in total. The zero-order chi connectivity index (χ0) is 23.9. The van der Waals surface area contributed by atoms with Crippen molar-refractivity contribution in [2.75, 3.05) is 23.3 Å². The standard InChI is InChI=1S/C25H28FN3O4/c1-14-9-17(15(2)28-19-11-16(26)13-27-22(19)24(31)32)23-18(10-14)20(30)12-21(33-23)29-7-5-25(3,4)6-8-29/h9-13,15,28H,5-8H2,1-4H3,(H,31,32)/t15-/m1/s1. The second-order valence-corrected chi connectivity index (χ2v) is 9.55. The average molecular weight is 454 g/mol. The molecule has 4 rings (SSSR count). The summed E-state index contributed by atoms with van der Waals surface area (Å²) in [4.78, 5) is 30.3. The number of pyridine rings is 1. The van der Waals surface area contributed by atoms with E-state index >= 15 is 0 Å². The Bertz CT molecular complexity index is 1270. The summed E-state index contributed by atoms with van der Waals surface area (Å²) in [5.41, 5.74) is 1.89. The molecule has 2 N–H and O–H groups in total. The van der Waals surface area contributed by atoms with Gasteiger partial charge in [0.2, 0.25) is 0 Å². The van der Waals surface area contributed by atoms with Crippen LogP contribution in [0.2, 0.25) is 0 Å². The van der Waals surface area contributed by atoms with Crippen LogP contribution in [-0.2, 0) is 0 Å². The Morgan fingerprint density at radius 3 is 2.61 bits per heavy atom. The first kappa shape index (κ1) is 22.8. The molecule has 0 spiro atoms. The number of aromatic nitrogens is 1. The van der Waals surface area contributed by atoms with E-state index in [0.717, 1.165) is 43.8 Å². The summed E-state index contributed by atoms with van der Waals surface area (Å²) in [5, 5.41) is 12.9. The molecule has 1 aliphatic heterocycles. The van der Waals surface area contributed by atoms with Crippen molar-refractivity contribution >= 4 is 28.5 Å². The van der Waals surface area contributed by atoms with Crippen molar-refractivity contribution in [2.45, 2.75) is 46.6 Å². The van der Waals surface area contributed by atoms with Crippen LogP contribution in [0.15, 0.2) is 39.7 Å². The van der Waals surface area contributed by atoms with E-state index in [0.29, 0.717) is 22.4 Å². The van der Waals surface area contributed by atoms with Crippen molar-refractivity contribution in [1.29, 1.82) is 0 Å². The summed E-state index contributed by atoms with van der Waals surface area (Å²) in [6, 6.07) is 5.84. The number of hydrogen-bond acceptors (Lipinski definition) is 6. The number of nitrogens with zero attached hydrogens (tertiary/aromatic N) is 2. The smallest absolute Gasteiger partial charge is 0.356 e. The maximum Gasteiger partial charge on any atom is 0.356 e. The van der Waals surface area contributed by atoms with Crippen LogP contribution in [0.4, 0.5) is 16.0 Å². The van der Waals surface area contributed by atoms with Gasteiger partial charge in [-0.05, 0) is 43.7 Å². The number of hydrogen-bond donors (Lipinski definition) is 2. The van der Waals surface area contributed by atoms with Gasteiger partial charge in [-0.25, -0.2) is 14.2 Å². The van der Waals surface area contributed by atoms with Crippen molar-refractivity contribution in [3.8, 4) is 0 Å². The lowest BCUT2D eigenvalue weighted by Crippen LogP contribution is -2.37. The Balaban J connectivity index is 1.76. The summed E-state index contributed by atoms with van der Waals surface area (Å²) in [6.45, 7) is 9.76. The molecule has 33 heavy (non-hydrogen) atoms.